The maximum absolute atomic E-state index is 12.0. The van der Waals surface area contributed by atoms with Gasteiger partial charge in [-0.25, -0.2) is 4.79 Å². The van der Waals surface area contributed by atoms with E-state index in [9.17, 15) is 9.59 Å². The van der Waals surface area contributed by atoms with Gasteiger partial charge in [-0.05, 0) is 25.7 Å². The smallest absolute Gasteiger partial charge is 0.317 e. The highest BCUT2D eigenvalue weighted by atomic mass is 16.4. The van der Waals surface area contributed by atoms with E-state index < -0.39 is 11.9 Å². The number of aliphatic hydroxyl groups excluding tert-OH is 1. The van der Waals surface area contributed by atoms with Crippen molar-refractivity contribution in [3.05, 3.63) is 0 Å². The summed E-state index contributed by atoms with van der Waals surface area (Å²) in [5.74, 6) is -1.50. The molecule has 0 aromatic rings. The molecule has 0 aliphatic heterocycles. The number of rotatable bonds is 7. The average Bonchev–Trinajstić information content (AvgIpc) is 2.28. The van der Waals surface area contributed by atoms with Crippen molar-refractivity contribution in [1.29, 1.82) is 0 Å². The number of aliphatic hydroxyl groups is 1. The van der Waals surface area contributed by atoms with Gasteiger partial charge in [0, 0.05) is 25.7 Å². The number of aliphatic carboxylic acids is 1. The van der Waals surface area contributed by atoms with Gasteiger partial charge in [0.15, 0.2) is 0 Å². The van der Waals surface area contributed by atoms with Crippen LogP contribution < -0.4 is 5.32 Å². The minimum Gasteiger partial charge on any atom is -0.481 e. The van der Waals surface area contributed by atoms with Gasteiger partial charge in [0.05, 0.1) is 5.92 Å². The van der Waals surface area contributed by atoms with Crippen LogP contribution in [0.2, 0.25) is 0 Å². The summed E-state index contributed by atoms with van der Waals surface area (Å²) in [5, 5.41) is 20.2. The van der Waals surface area contributed by atoms with E-state index in [1.54, 1.807) is 11.8 Å². The van der Waals surface area contributed by atoms with Crippen LogP contribution >= 0.6 is 0 Å². The van der Waals surface area contributed by atoms with E-state index in [4.69, 9.17) is 10.2 Å². The van der Waals surface area contributed by atoms with Gasteiger partial charge in [-0.1, -0.05) is 6.92 Å². The molecule has 6 nitrogen and oxygen atoms in total. The van der Waals surface area contributed by atoms with Gasteiger partial charge in [0.25, 0.3) is 0 Å². The number of hydrogen-bond donors (Lipinski definition) is 3. The van der Waals surface area contributed by atoms with Crippen LogP contribution in [0.4, 0.5) is 4.79 Å². The molecule has 0 saturated heterocycles. The summed E-state index contributed by atoms with van der Waals surface area (Å²) in [7, 11) is 0. The quantitative estimate of drug-likeness (QED) is 0.625. The molecule has 1 fully saturated rings. The Morgan fingerprint density at radius 1 is 1.44 bits per heavy atom. The number of hydrogen-bond acceptors (Lipinski definition) is 3. The number of carbonyl (C=O) groups excluding carboxylic acids is 1. The standard InChI is InChI=1S/C12H22N2O4/c1-9(11(16)17)8-13-12(18)14(6-3-7-15)10-4-2-5-10/h9-10,15H,2-8H2,1H3,(H,13,18)(H,16,17). The molecule has 3 N–H and O–H groups in total. The number of urea groups is 1. The lowest BCUT2D eigenvalue weighted by atomic mass is 9.91. The van der Waals surface area contributed by atoms with Crippen LogP contribution in [0.1, 0.15) is 32.6 Å². The number of carboxylic acids is 1. The molecule has 18 heavy (non-hydrogen) atoms. The van der Waals surface area contributed by atoms with Gasteiger partial charge in [-0.3, -0.25) is 4.79 Å². The molecular formula is C12H22N2O4. The van der Waals surface area contributed by atoms with E-state index in [0.717, 1.165) is 19.3 Å². The van der Waals surface area contributed by atoms with E-state index in [2.05, 4.69) is 5.32 Å². The topological polar surface area (TPSA) is 89.9 Å². The number of carboxylic acid groups (broad SMARTS) is 1. The van der Waals surface area contributed by atoms with E-state index >= 15 is 0 Å². The average molecular weight is 258 g/mol. The van der Waals surface area contributed by atoms with E-state index in [1.807, 2.05) is 0 Å². The van der Waals surface area contributed by atoms with Gasteiger partial charge >= 0.3 is 12.0 Å². The minimum absolute atomic E-state index is 0.0576. The third kappa shape index (κ3) is 4.18. The van der Waals surface area contributed by atoms with Crippen molar-refractivity contribution in [1.82, 2.24) is 10.2 Å². The van der Waals surface area contributed by atoms with Gasteiger partial charge < -0.3 is 20.4 Å². The fourth-order valence-corrected chi connectivity index (χ4v) is 1.82. The zero-order chi connectivity index (χ0) is 13.5. The highest BCUT2D eigenvalue weighted by Crippen LogP contribution is 2.24. The van der Waals surface area contributed by atoms with Crippen LogP contribution in [-0.2, 0) is 4.79 Å². The number of nitrogens with zero attached hydrogens (tertiary/aromatic N) is 1. The van der Waals surface area contributed by atoms with Crippen LogP contribution in [-0.4, -0.2) is 52.9 Å². The molecule has 6 heteroatoms. The Labute approximate surface area is 107 Å². The van der Waals surface area contributed by atoms with Gasteiger partial charge in [0.2, 0.25) is 0 Å². The van der Waals surface area contributed by atoms with Gasteiger partial charge in [0.1, 0.15) is 0 Å². The highest BCUT2D eigenvalue weighted by Gasteiger charge is 2.28. The Bertz CT molecular complexity index is 292. The van der Waals surface area contributed by atoms with Crippen LogP contribution in [0.3, 0.4) is 0 Å². The first-order valence-corrected chi connectivity index (χ1v) is 6.44. The van der Waals surface area contributed by atoms with Crippen molar-refractivity contribution in [2.24, 2.45) is 5.92 Å². The van der Waals surface area contributed by atoms with Crippen LogP contribution in [0.5, 0.6) is 0 Å². The van der Waals surface area contributed by atoms with Crippen molar-refractivity contribution >= 4 is 12.0 Å². The van der Waals surface area contributed by atoms with E-state index in [0.29, 0.717) is 13.0 Å². The summed E-state index contributed by atoms with van der Waals surface area (Å²) in [6, 6.07) is 0.0259. The highest BCUT2D eigenvalue weighted by molar-refractivity contribution is 5.76. The maximum Gasteiger partial charge on any atom is 0.317 e. The molecule has 2 amide bonds. The normalized spacial score (nSPS) is 16.8. The summed E-state index contributed by atoms with van der Waals surface area (Å²) in [6.45, 7) is 2.27. The molecule has 0 aromatic heterocycles. The first kappa shape index (κ1) is 14.8. The lowest BCUT2D eigenvalue weighted by molar-refractivity contribution is -0.140. The lowest BCUT2D eigenvalue weighted by Gasteiger charge is -2.37. The van der Waals surface area contributed by atoms with E-state index in [1.165, 1.54) is 0 Å². The fourth-order valence-electron chi connectivity index (χ4n) is 1.82. The molecule has 0 radical (unpaired) electrons. The second-order valence-electron chi connectivity index (χ2n) is 4.78. The summed E-state index contributed by atoms with van der Waals surface area (Å²) in [5.41, 5.74) is 0. The Hall–Kier alpha value is -1.30. The monoisotopic (exact) mass is 258 g/mol. The molecule has 1 rings (SSSR count). The zero-order valence-electron chi connectivity index (χ0n) is 10.8. The van der Waals surface area contributed by atoms with Gasteiger partial charge in [-0.15, -0.1) is 0 Å². The molecule has 0 heterocycles. The predicted octanol–water partition coefficient (Wildman–Crippen LogP) is 0.654. The fraction of sp³-hybridized carbons (Fsp3) is 0.833. The second kappa shape index (κ2) is 7.20. The molecule has 1 aliphatic carbocycles. The van der Waals surface area contributed by atoms with Crippen LogP contribution in [0, 0.1) is 5.92 Å². The second-order valence-corrected chi connectivity index (χ2v) is 4.78. The predicted molar refractivity (Wildman–Crippen MR) is 66.2 cm³/mol. The molecule has 104 valence electrons. The molecule has 1 atom stereocenters. The molecule has 0 aromatic carbocycles. The Morgan fingerprint density at radius 2 is 2.11 bits per heavy atom. The Balaban J connectivity index is 2.40. The zero-order valence-corrected chi connectivity index (χ0v) is 10.8. The number of nitrogens with one attached hydrogen (secondary N) is 1. The molecule has 0 spiro atoms. The van der Waals surface area contributed by atoms with Crippen molar-refractivity contribution in [2.45, 2.75) is 38.6 Å². The largest absolute Gasteiger partial charge is 0.481 e. The Morgan fingerprint density at radius 3 is 2.56 bits per heavy atom. The van der Waals surface area contributed by atoms with E-state index in [-0.39, 0.29) is 25.2 Å². The third-order valence-corrected chi connectivity index (χ3v) is 3.31. The first-order chi connectivity index (χ1) is 8.56. The molecule has 0 bridgehead atoms. The van der Waals surface area contributed by atoms with Crippen LogP contribution in [0.15, 0.2) is 0 Å². The molecular weight excluding hydrogens is 236 g/mol. The van der Waals surface area contributed by atoms with Crippen LogP contribution in [0.25, 0.3) is 0 Å². The maximum atomic E-state index is 12.0. The SMILES string of the molecule is CC(CNC(=O)N(CCCO)C1CCC1)C(=O)O. The molecule has 1 unspecified atom stereocenters. The van der Waals surface area contributed by atoms with Gasteiger partial charge in [-0.2, -0.15) is 0 Å². The number of carbonyl (C=O) groups is 2. The van der Waals surface area contributed by atoms with Crippen molar-refractivity contribution in [2.75, 3.05) is 19.7 Å². The van der Waals surface area contributed by atoms with Crippen molar-refractivity contribution in [3.8, 4) is 0 Å². The third-order valence-electron chi connectivity index (χ3n) is 3.31. The summed E-state index contributed by atoms with van der Waals surface area (Å²) < 4.78 is 0. The minimum atomic E-state index is -0.916. The summed E-state index contributed by atoms with van der Waals surface area (Å²) >= 11 is 0. The molecule has 1 saturated carbocycles. The van der Waals surface area contributed by atoms with Crippen molar-refractivity contribution in [3.63, 3.8) is 0 Å². The summed E-state index contributed by atoms with van der Waals surface area (Å²) in [4.78, 5) is 24.3. The first-order valence-electron chi connectivity index (χ1n) is 6.44. The van der Waals surface area contributed by atoms with Crippen molar-refractivity contribution < 1.29 is 19.8 Å². The lowest BCUT2D eigenvalue weighted by Crippen LogP contribution is -2.50. The summed E-state index contributed by atoms with van der Waals surface area (Å²) in [6.07, 6.45) is 3.66. The number of amides is 2. The Kier molecular flexibility index (Phi) is 5.91. The molecule has 1 aliphatic rings.